The Morgan fingerprint density at radius 2 is 1.46 bits per heavy atom. The van der Waals surface area contributed by atoms with E-state index >= 15 is 0 Å². The quantitative estimate of drug-likeness (QED) is 0.368. The maximum absolute atomic E-state index is 10.0. The second kappa shape index (κ2) is 5.66. The summed E-state index contributed by atoms with van der Waals surface area (Å²) in [5.41, 5.74) is 7.88. The fourth-order valence-electron chi connectivity index (χ4n) is 2.81. The summed E-state index contributed by atoms with van der Waals surface area (Å²) in [4.78, 5) is 0. The van der Waals surface area contributed by atoms with Crippen molar-refractivity contribution in [3.05, 3.63) is 72.8 Å². The standard InChI is InChI=1S/C20H15N3O/c21-20-17(11-9-14-6-3-7-18(24)19(14)20)23-22-16-10-8-13-4-1-2-5-15(13)12-16/h1-12,24H,21H2. The molecule has 0 unspecified atom stereocenters. The molecule has 3 N–H and O–H groups in total. The molecule has 0 saturated carbocycles. The summed E-state index contributed by atoms with van der Waals surface area (Å²) < 4.78 is 0. The average Bonchev–Trinajstić information content (AvgIpc) is 2.61. The van der Waals surface area contributed by atoms with Gasteiger partial charge in [-0.15, -0.1) is 5.11 Å². The predicted molar refractivity (Wildman–Crippen MR) is 98.1 cm³/mol. The lowest BCUT2D eigenvalue weighted by Crippen LogP contribution is -1.88. The smallest absolute Gasteiger partial charge is 0.125 e. The molecule has 0 aliphatic rings. The molecule has 0 aliphatic heterocycles. The SMILES string of the molecule is Nc1c(N=Nc2ccc3ccccc3c2)ccc2cccc(O)c12. The molecule has 0 aliphatic carbocycles. The van der Waals surface area contributed by atoms with E-state index in [4.69, 9.17) is 5.73 Å². The fourth-order valence-corrected chi connectivity index (χ4v) is 2.81. The van der Waals surface area contributed by atoms with E-state index in [2.05, 4.69) is 16.3 Å². The number of nitrogens with zero attached hydrogens (tertiary/aromatic N) is 2. The molecule has 4 aromatic rings. The molecule has 4 nitrogen and oxygen atoms in total. The molecule has 4 heteroatoms. The van der Waals surface area contributed by atoms with Gasteiger partial charge in [0, 0.05) is 5.39 Å². The van der Waals surface area contributed by atoms with Gasteiger partial charge in [-0.1, -0.05) is 48.5 Å². The minimum Gasteiger partial charge on any atom is -0.507 e. The highest BCUT2D eigenvalue weighted by Crippen LogP contribution is 2.37. The molecular formula is C20H15N3O. The van der Waals surface area contributed by atoms with Gasteiger partial charge in [0.2, 0.25) is 0 Å². The summed E-state index contributed by atoms with van der Waals surface area (Å²) in [5.74, 6) is 0.146. The zero-order valence-corrected chi connectivity index (χ0v) is 12.8. The van der Waals surface area contributed by atoms with Gasteiger partial charge in [-0.25, -0.2) is 0 Å². The summed E-state index contributed by atoms with van der Waals surface area (Å²) in [6.07, 6.45) is 0. The van der Waals surface area contributed by atoms with Crippen LogP contribution in [0.15, 0.2) is 83.0 Å². The summed E-state index contributed by atoms with van der Waals surface area (Å²) in [5, 5.41) is 22.3. The van der Waals surface area contributed by atoms with Gasteiger partial charge in [0.05, 0.1) is 11.4 Å². The van der Waals surface area contributed by atoms with E-state index < -0.39 is 0 Å². The first-order chi connectivity index (χ1) is 11.7. The van der Waals surface area contributed by atoms with Crippen LogP contribution in [0.25, 0.3) is 21.5 Å². The Hall–Kier alpha value is -3.40. The van der Waals surface area contributed by atoms with E-state index in [9.17, 15) is 5.11 Å². The molecule has 0 spiro atoms. The third-order valence-electron chi connectivity index (χ3n) is 4.05. The van der Waals surface area contributed by atoms with Gasteiger partial charge in [-0.05, 0) is 40.4 Å². The fraction of sp³-hybridized carbons (Fsp3) is 0. The number of phenolic OH excluding ortho intramolecular Hbond substituents is 1. The van der Waals surface area contributed by atoms with Gasteiger partial charge in [0.1, 0.15) is 11.4 Å². The minimum absolute atomic E-state index is 0.146. The Bertz CT molecular complexity index is 1090. The maximum Gasteiger partial charge on any atom is 0.125 e. The molecule has 0 aromatic heterocycles. The van der Waals surface area contributed by atoms with Crippen LogP contribution in [0.4, 0.5) is 17.1 Å². The van der Waals surface area contributed by atoms with Gasteiger partial charge < -0.3 is 10.8 Å². The number of phenols is 1. The van der Waals surface area contributed by atoms with Gasteiger partial charge in [0.15, 0.2) is 0 Å². The topological polar surface area (TPSA) is 71.0 Å². The van der Waals surface area contributed by atoms with Crippen molar-refractivity contribution < 1.29 is 5.11 Å². The molecule has 4 aromatic carbocycles. The number of anilines is 1. The van der Waals surface area contributed by atoms with E-state index in [1.54, 1.807) is 12.1 Å². The Morgan fingerprint density at radius 1 is 0.708 bits per heavy atom. The predicted octanol–water partition coefficient (Wildman–Crippen LogP) is 5.70. The van der Waals surface area contributed by atoms with Crippen molar-refractivity contribution in [1.29, 1.82) is 0 Å². The minimum atomic E-state index is 0.146. The van der Waals surface area contributed by atoms with Gasteiger partial charge in [-0.2, -0.15) is 5.11 Å². The molecule has 0 atom stereocenters. The molecule has 0 amide bonds. The Morgan fingerprint density at radius 3 is 2.33 bits per heavy atom. The number of hydrogen-bond acceptors (Lipinski definition) is 4. The van der Waals surface area contributed by atoms with Crippen molar-refractivity contribution in [2.24, 2.45) is 10.2 Å². The van der Waals surface area contributed by atoms with E-state index in [0.29, 0.717) is 16.8 Å². The molecule has 0 radical (unpaired) electrons. The number of nitrogens with two attached hydrogens (primary N) is 1. The van der Waals surface area contributed by atoms with E-state index in [-0.39, 0.29) is 5.75 Å². The van der Waals surface area contributed by atoms with Gasteiger partial charge in [-0.3, -0.25) is 0 Å². The Labute approximate surface area is 138 Å². The molecule has 116 valence electrons. The van der Waals surface area contributed by atoms with Crippen molar-refractivity contribution in [2.45, 2.75) is 0 Å². The lowest BCUT2D eigenvalue weighted by atomic mass is 10.1. The van der Waals surface area contributed by atoms with Crippen molar-refractivity contribution in [3.8, 4) is 5.75 Å². The molecule has 0 heterocycles. The van der Waals surface area contributed by atoms with Crippen molar-refractivity contribution in [1.82, 2.24) is 0 Å². The van der Waals surface area contributed by atoms with Crippen LogP contribution in [0.3, 0.4) is 0 Å². The first-order valence-corrected chi connectivity index (χ1v) is 7.63. The first kappa shape index (κ1) is 14.2. The van der Waals surface area contributed by atoms with Crippen LogP contribution >= 0.6 is 0 Å². The van der Waals surface area contributed by atoms with E-state index in [1.807, 2.05) is 54.6 Å². The largest absolute Gasteiger partial charge is 0.507 e. The number of fused-ring (bicyclic) bond motifs is 2. The zero-order chi connectivity index (χ0) is 16.5. The van der Waals surface area contributed by atoms with Crippen molar-refractivity contribution >= 4 is 38.6 Å². The summed E-state index contributed by atoms with van der Waals surface area (Å²) in [6.45, 7) is 0. The third-order valence-corrected chi connectivity index (χ3v) is 4.05. The number of nitrogen functional groups attached to an aromatic ring is 1. The van der Waals surface area contributed by atoms with Crippen LogP contribution in [0.1, 0.15) is 0 Å². The summed E-state index contributed by atoms with van der Waals surface area (Å²) in [6, 6.07) is 23.0. The number of rotatable bonds is 2. The zero-order valence-electron chi connectivity index (χ0n) is 12.8. The maximum atomic E-state index is 10.0. The van der Waals surface area contributed by atoms with Crippen LogP contribution in [0.2, 0.25) is 0 Å². The molecule has 4 rings (SSSR count). The number of azo groups is 1. The Kier molecular flexibility index (Phi) is 3.35. The average molecular weight is 313 g/mol. The number of benzene rings is 4. The van der Waals surface area contributed by atoms with Gasteiger partial charge in [0.25, 0.3) is 0 Å². The highest BCUT2D eigenvalue weighted by Gasteiger charge is 2.07. The lowest BCUT2D eigenvalue weighted by molar-refractivity contribution is 0.482. The van der Waals surface area contributed by atoms with Crippen LogP contribution in [-0.4, -0.2) is 5.11 Å². The van der Waals surface area contributed by atoms with E-state index in [0.717, 1.165) is 21.8 Å². The summed E-state index contributed by atoms with van der Waals surface area (Å²) in [7, 11) is 0. The van der Waals surface area contributed by atoms with Crippen LogP contribution in [0.5, 0.6) is 5.75 Å². The molecule has 0 fully saturated rings. The normalized spacial score (nSPS) is 11.5. The molecule has 0 saturated heterocycles. The first-order valence-electron chi connectivity index (χ1n) is 7.63. The highest BCUT2D eigenvalue weighted by molar-refractivity contribution is 6.02. The molecule has 24 heavy (non-hydrogen) atoms. The monoisotopic (exact) mass is 313 g/mol. The number of aromatic hydroxyl groups is 1. The van der Waals surface area contributed by atoms with Crippen LogP contribution in [-0.2, 0) is 0 Å². The lowest BCUT2D eigenvalue weighted by Gasteiger charge is -2.06. The second-order valence-electron chi connectivity index (χ2n) is 5.61. The summed E-state index contributed by atoms with van der Waals surface area (Å²) >= 11 is 0. The third kappa shape index (κ3) is 2.44. The number of hydrogen-bond donors (Lipinski definition) is 2. The van der Waals surface area contributed by atoms with E-state index in [1.165, 1.54) is 0 Å². The second-order valence-corrected chi connectivity index (χ2v) is 5.61. The van der Waals surface area contributed by atoms with Gasteiger partial charge >= 0.3 is 0 Å². The highest BCUT2D eigenvalue weighted by atomic mass is 16.3. The molecular weight excluding hydrogens is 298 g/mol. The van der Waals surface area contributed by atoms with Crippen molar-refractivity contribution in [3.63, 3.8) is 0 Å². The van der Waals surface area contributed by atoms with Crippen LogP contribution in [0, 0.1) is 0 Å². The Balaban J connectivity index is 1.76. The van der Waals surface area contributed by atoms with Crippen molar-refractivity contribution in [2.75, 3.05) is 5.73 Å². The van der Waals surface area contributed by atoms with Crippen LogP contribution < -0.4 is 5.73 Å². The molecule has 0 bridgehead atoms.